The fraction of sp³-hybridized carbons (Fsp3) is 0.500. The summed E-state index contributed by atoms with van der Waals surface area (Å²) in [5, 5.41) is 0.743. The second-order valence-corrected chi connectivity index (χ2v) is 5.47. The number of hydrogen-bond acceptors (Lipinski definition) is 3. The molecule has 2 rings (SSSR count). The highest BCUT2D eigenvalue weighted by atomic mass is 35.5. The van der Waals surface area contributed by atoms with Crippen LogP contribution in [0.5, 0.6) is 0 Å². The molecule has 1 saturated heterocycles. The molecule has 1 unspecified atom stereocenters. The molecule has 1 aliphatic rings. The van der Waals surface area contributed by atoms with Crippen LogP contribution in [0.3, 0.4) is 0 Å². The minimum Gasteiger partial charge on any atom is -0.368 e. The van der Waals surface area contributed by atoms with E-state index in [-0.39, 0.29) is 11.9 Å². The molecule has 1 aromatic rings. The standard InChI is InChI=1S/C14H20ClN3O/c1-11(16)9-14(19)18-7-5-17(6-8-18)13-4-2-3-12(15)10-13/h2-4,10-11H,5-9,16H2,1H3. The van der Waals surface area contributed by atoms with Gasteiger partial charge in [0, 0.05) is 49.4 Å². The smallest absolute Gasteiger partial charge is 0.224 e. The molecule has 1 heterocycles. The van der Waals surface area contributed by atoms with E-state index >= 15 is 0 Å². The van der Waals surface area contributed by atoms with Crippen LogP contribution in [0.25, 0.3) is 0 Å². The predicted molar refractivity (Wildman–Crippen MR) is 78.5 cm³/mol. The molecule has 1 aliphatic heterocycles. The Morgan fingerprint density at radius 3 is 2.63 bits per heavy atom. The third-order valence-corrected chi connectivity index (χ3v) is 3.54. The van der Waals surface area contributed by atoms with Gasteiger partial charge in [-0.15, -0.1) is 0 Å². The Kier molecular flexibility index (Phi) is 4.66. The molecule has 4 nitrogen and oxygen atoms in total. The Labute approximate surface area is 119 Å². The molecule has 0 aromatic heterocycles. The maximum Gasteiger partial charge on any atom is 0.224 e. The number of rotatable bonds is 3. The van der Waals surface area contributed by atoms with Crippen molar-refractivity contribution in [3.8, 4) is 0 Å². The molecule has 0 bridgehead atoms. The SMILES string of the molecule is CC(N)CC(=O)N1CCN(c2cccc(Cl)c2)CC1. The van der Waals surface area contributed by atoms with Gasteiger partial charge in [0.2, 0.25) is 5.91 Å². The molecule has 0 radical (unpaired) electrons. The molecule has 104 valence electrons. The van der Waals surface area contributed by atoms with E-state index in [1.807, 2.05) is 36.1 Å². The van der Waals surface area contributed by atoms with Crippen LogP contribution >= 0.6 is 11.6 Å². The average molecular weight is 282 g/mol. The summed E-state index contributed by atoms with van der Waals surface area (Å²) < 4.78 is 0. The maximum atomic E-state index is 11.9. The predicted octanol–water partition coefficient (Wildman–Crippen LogP) is 1.73. The van der Waals surface area contributed by atoms with Crippen molar-refractivity contribution in [1.82, 2.24) is 4.90 Å². The fourth-order valence-corrected chi connectivity index (χ4v) is 2.48. The molecular formula is C14H20ClN3O. The number of nitrogens with zero attached hydrogens (tertiary/aromatic N) is 2. The van der Waals surface area contributed by atoms with Crippen molar-refractivity contribution in [2.75, 3.05) is 31.1 Å². The van der Waals surface area contributed by atoms with Crippen molar-refractivity contribution < 1.29 is 4.79 Å². The summed E-state index contributed by atoms with van der Waals surface area (Å²) in [6.45, 7) is 5.03. The highest BCUT2D eigenvalue weighted by molar-refractivity contribution is 6.30. The number of amides is 1. The third kappa shape index (κ3) is 3.85. The number of benzene rings is 1. The highest BCUT2D eigenvalue weighted by Gasteiger charge is 2.21. The molecule has 19 heavy (non-hydrogen) atoms. The van der Waals surface area contributed by atoms with E-state index in [1.165, 1.54) is 0 Å². The van der Waals surface area contributed by atoms with Crippen molar-refractivity contribution >= 4 is 23.2 Å². The van der Waals surface area contributed by atoms with Gasteiger partial charge in [0.25, 0.3) is 0 Å². The van der Waals surface area contributed by atoms with E-state index < -0.39 is 0 Å². The van der Waals surface area contributed by atoms with E-state index in [0.29, 0.717) is 6.42 Å². The van der Waals surface area contributed by atoms with Gasteiger partial charge in [0.05, 0.1) is 0 Å². The molecule has 0 aliphatic carbocycles. The van der Waals surface area contributed by atoms with Crippen molar-refractivity contribution in [3.63, 3.8) is 0 Å². The van der Waals surface area contributed by atoms with Crippen LogP contribution < -0.4 is 10.6 Å². The number of carbonyl (C=O) groups is 1. The number of piperazine rings is 1. The summed E-state index contributed by atoms with van der Waals surface area (Å²) in [5.74, 6) is 0.153. The first-order valence-electron chi connectivity index (χ1n) is 6.60. The third-order valence-electron chi connectivity index (χ3n) is 3.30. The van der Waals surface area contributed by atoms with Gasteiger partial charge in [-0.25, -0.2) is 0 Å². The second-order valence-electron chi connectivity index (χ2n) is 5.03. The number of carbonyl (C=O) groups excluding carboxylic acids is 1. The monoisotopic (exact) mass is 281 g/mol. The van der Waals surface area contributed by atoms with Crippen LogP contribution in [0, 0.1) is 0 Å². The quantitative estimate of drug-likeness (QED) is 0.918. The molecule has 1 aromatic carbocycles. The minimum absolute atomic E-state index is 0.0709. The van der Waals surface area contributed by atoms with E-state index in [9.17, 15) is 4.79 Å². The summed E-state index contributed by atoms with van der Waals surface area (Å²) >= 11 is 6.00. The molecule has 0 saturated carbocycles. The Morgan fingerprint density at radius 2 is 2.05 bits per heavy atom. The van der Waals surface area contributed by atoms with Gasteiger partial charge in [-0.2, -0.15) is 0 Å². The lowest BCUT2D eigenvalue weighted by atomic mass is 10.2. The molecule has 1 amide bonds. The average Bonchev–Trinajstić information content (AvgIpc) is 2.38. The summed E-state index contributed by atoms with van der Waals surface area (Å²) in [5.41, 5.74) is 6.78. The number of halogens is 1. The maximum absolute atomic E-state index is 11.9. The summed E-state index contributed by atoms with van der Waals surface area (Å²) in [7, 11) is 0. The molecular weight excluding hydrogens is 262 g/mol. The Balaban J connectivity index is 1.90. The fourth-order valence-electron chi connectivity index (χ4n) is 2.29. The van der Waals surface area contributed by atoms with Crippen molar-refractivity contribution in [1.29, 1.82) is 0 Å². The van der Waals surface area contributed by atoms with Crippen LogP contribution in [0.1, 0.15) is 13.3 Å². The van der Waals surface area contributed by atoms with Crippen molar-refractivity contribution in [3.05, 3.63) is 29.3 Å². The molecule has 5 heteroatoms. The molecule has 2 N–H and O–H groups in total. The topological polar surface area (TPSA) is 49.6 Å². The zero-order valence-electron chi connectivity index (χ0n) is 11.2. The minimum atomic E-state index is -0.0709. The van der Waals surface area contributed by atoms with Gasteiger partial charge >= 0.3 is 0 Å². The lowest BCUT2D eigenvalue weighted by molar-refractivity contribution is -0.131. The first kappa shape index (κ1) is 14.2. The Hall–Kier alpha value is -1.26. The first-order valence-corrected chi connectivity index (χ1v) is 6.98. The van der Waals surface area contributed by atoms with Gasteiger partial charge in [-0.3, -0.25) is 4.79 Å². The highest BCUT2D eigenvalue weighted by Crippen LogP contribution is 2.20. The van der Waals surface area contributed by atoms with Gasteiger partial charge < -0.3 is 15.5 Å². The summed E-state index contributed by atoms with van der Waals surface area (Å²) in [6.07, 6.45) is 0.428. The van der Waals surface area contributed by atoms with Crippen LogP contribution in [-0.4, -0.2) is 43.0 Å². The number of nitrogens with two attached hydrogens (primary N) is 1. The van der Waals surface area contributed by atoms with E-state index in [0.717, 1.165) is 36.9 Å². The van der Waals surface area contributed by atoms with Crippen molar-refractivity contribution in [2.45, 2.75) is 19.4 Å². The first-order chi connectivity index (χ1) is 9.06. The summed E-state index contributed by atoms with van der Waals surface area (Å²) in [4.78, 5) is 16.1. The van der Waals surface area contributed by atoms with Crippen LogP contribution in [0.2, 0.25) is 5.02 Å². The van der Waals surface area contributed by atoms with E-state index in [4.69, 9.17) is 17.3 Å². The van der Waals surface area contributed by atoms with Gasteiger partial charge in [-0.1, -0.05) is 17.7 Å². The Bertz CT molecular complexity index is 442. The van der Waals surface area contributed by atoms with E-state index in [1.54, 1.807) is 0 Å². The number of anilines is 1. The van der Waals surface area contributed by atoms with E-state index in [2.05, 4.69) is 4.90 Å². The Morgan fingerprint density at radius 1 is 1.37 bits per heavy atom. The normalized spacial score (nSPS) is 17.4. The zero-order chi connectivity index (χ0) is 13.8. The van der Waals surface area contributed by atoms with Crippen LogP contribution in [-0.2, 0) is 4.79 Å². The van der Waals surface area contributed by atoms with Crippen molar-refractivity contribution in [2.24, 2.45) is 5.73 Å². The molecule has 0 spiro atoms. The van der Waals surface area contributed by atoms with Crippen LogP contribution in [0.4, 0.5) is 5.69 Å². The van der Waals surface area contributed by atoms with Gasteiger partial charge in [0.15, 0.2) is 0 Å². The van der Waals surface area contributed by atoms with Crippen LogP contribution in [0.15, 0.2) is 24.3 Å². The molecule has 1 fully saturated rings. The zero-order valence-corrected chi connectivity index (χ0v) is 11.9. The van der Waals surface area contributed by atoms with Gasteiger partial charge in [0.1, 0.15) is 0 Å². The van der Waals surface area contributed by atoms with Gasteiger partial charge in [-0.05, 0) is 25.1 Å². The largest absolute Gasteiger partial charge is 0.368 e. The lowest BCUT2D eigenvalue weighted by Gasteiger charge is -2.36. The lowest BCUT2D eigenvalue weighted by Crippen LogP contribution is -2.49. The number of hydrogen-bond donors (Lipinski definition) is 1. The summed E-state index contributed by atoms with van der Waals surface area (Å²) in [6, 6.07) is 7.75. The second kappa shape index (κ2) is 6.26. The molecule has 1 atom stereocenters.